The smallest absolute Gasteiger partial charge is 0.123 e. The summed E-state index contributed by atoms with van der Waals surface area (Å²) in [5.74, 6) is 6.90. The van der Waals surface area contributed by atoms with E-state index in [0.29, 0.717) is 18.1 Å². The van der Waals surface area contributed by atoms with Crippen molar-refractivity contribution in [2.75, 3.05) is 5.88 Å². The lowest BCUT2D eigenvalue weighted by molar-refractivity contribution is 0.481. The van der Waals surface area contributed by atoms with Gasteiger partial charge in [0.1, 0.15) is 5.75 Å². The summed E-state index contributed by atoms with van der Waals surface area (Å²) in [7, 11) is 0. The summed E-state index contributed by atoms with van der Waals surface area (Å²) in [4.78, 5) is 0. The largest absolute Gasteiger partial charge is 0.507 e. The molecule has 0 aliphatic carbocycles. The van der Waals surface area contributed by atoms with E-state index in [-0.39, 0.29) is 0 Å². The summed E-state index contributed by atoms with van der Waals surface area (Å²) >= 11 is 5.57. The van der Waals surface area contributed by atoms with Gasteiger partial charge in [-0.05, 0) is 12.1 Å². The zero-order valence-electron chi connectivity index (χ0n) is 8.70. The molecule has 2 aromatic carbocycles. The minimum Gasteiger partial charge on any atom is -0.507 e. The molecule has 0 heterocycles. The summed E-state index contributed by atoms with van der Waals surface area (Å²) < 4.78 is 0. The summed E-state index contributed by atoms with van der Waals surface area (Å²) in [6, 6.07) is 11.2. The molecule has 2 rings (SSSR count). The van der Waals surface area contributed by atoms with Gasteiger partial charge in [0.15, 0.2) is 0 Å². The van der Waals surface area contributed by atoms with Crippen LogP contribution in [0, 0.1) is 11.8 Å². The molecule has 0 amide bonds. The SMILES string of the molecule is Oc1ccc(C#CCCCl)c2ccccc12. The van der Waals surface area contributed by atoms with Crippen molar-refractivity contribution in [3.8, 4) is 17.6 Å². The fourth-order valence-corrected chi connectivity index (χ4v) is 1.69. The first-order valence-corrected chi connectivity index (χ1v) is 5.62. The van der Waals surface area contributed by atoms with Crippen molar-refractivity contribution in [1.29, 1.82) is 0 Å². The Morgan fingerprint density at radius 2 is 1.81 bits per heavy atom. The lowest BCUT2D eigenvalue weighted by atomic mass is 10.0. The van der Waals surface area contributed by atoms with Crippen LogP contribution in [0.3, 0.4) is 0 Å². The highest BCUT2D eigenvalue weighted by Crippen LogP contribution is 2.26. The predicted octanol–water partition coefficient (Wildman–Crippen LogP) is 3.53. The molecule has 1 N–H and O–H groups in total. The van der Waals surface area contributed by atoms with Crippen LogP contribution in [0.4, 0.5) is 0 Å². The van der Waals surface area contributed by atoms with E-state index < -0.39 is 0 Å². The highest BCUT2D eigenvalue weighted by Gasteiger charge is 2.01. The Labute approximate surface area is 99.7 Å². The summed E-state index contributed by atoms with van der Waals surface area (Å²) in [5.41, 5.74) is 0.929. The summed E-state index contributed by atoms with van der Waals surface area (Å²) in [6.07, 6.45) is 0.677. The van der Waals surface area contributed by atoms with Gasteiger partial charge >= 0.3 is 0 Å². The molecule has 0 atom stereocenters. The minimum absolute atomic E-state index is 0.290. The van der Waals surface area contributed by atoms with E-state index in [4.69, 9.17) is 11.6 Å². The molecule has 0 fully saturated rings. The number of aromatic hydroxyl groups is 1. The Balaban J connectivity index is 2.56. The van der Waals surface area contributed by atoms with Crippen LogP contribution in [0.15, 0.2) is 36.4 Å². The highest BCUT2D eigenvalue weighted by atomic mass is 35.5. The van der Waals surface area contributed by atoms with Gasteiger partial charge in [-0.1, -0.05) is 36.1 Å². The molecule has 2 aromatic rings. The minimum atomic E-state index is 0.290. The van der Waals surface area contributed by atoms with Gasteiger partial charge in [-0.15, -0.1) is 11.6 Å². The van der Waals surface area contributed by atoms with Crippen LogP contribution < -0.4 is 0 Å². The van der Waals surface area contributed by atoms with Crippen LogP contribution in [-0.4, -0.2) is 11.0 Å². The quantitative estimate of drug-likeness (QED) is 0.587. The third-order valence-corrected chi connectivity index (χ3v) is 2.53. The van der Waals surface area contributed by atoms with Gasteiger partial charge in [-0.3, -0.25) is 0 Å². The van der Waals surface area contributed by atoms with Gasteiger partial charge in [0.05, 0.1) is 0 Å². The molecule has 0 saturated heterocycles. The maximum atomic E-state index is 9.70. The molecule has 0 unspecified atom stereocenters. The molecule has 0 bridgehead atoms. The Hall–Kier alpha value is -1.65. The number of phenols is 1. The maximum absolute atomic E-state index is 9.70. The number of hydrogen-bond donors (Lipinski definition) is 1. The van der Waals surface area contributed by atoms with Gasteiger partial charge < -0.3 is 5.11 Å². The average Bonchev–Trinajstić information content (AvgIpc) is 2.33. The number of fused-ring (bicyclic) bond motifs is 1. The average molecular weight is 231 g/mol. The number of rotatable bonds is 1. The number of alkyl halides is 1. The zero-order valence-corrected chi connectivity index (χ0v) is 9.46. The molecule has 0 aliphatic heterocycles. The predicted molar refractivity (Wildman–Crippen MR) is 67.8 cm³/mol. The van der Waals surface area contributed by atoms with Crippen LogP contribution in [-0.2, 0) is 0 Å². The van der Waals surface area contributed by atoms with Crippen LogP contribution in [0.25, 0.3) is 10.8 Å². The monoisotopic (exact) mass is 230 g/mol. The van der Waals surface area contributed by atoms with Crippen molar-refractivity contribution < 1.29 is 5.11 Å². The normalized spacial score (nSPS) is 9.81. The van der Waals surface area contributed by atoms with Crippen LogP contribution in [0.2, 0.25) is 0 Å². The van der Waals surface area contributed by atoms with E-state index in [2.05, 4.69) is 11.8 Å². The number of phenolic OH excluding ortho intramolecular Hbond substituents is 1. The van der Waals surface area contributed by atoms with Crippen LogP contribution in [0.5, 0.6) is 5.75 Å². The molecule has 2 heteroatoms. The van der Waals surface area contributed by atoms with E-state index in [0.717, 1.165) is 16.3 Å². The second kappa shape index (κ2) is 4.92. The molecule has 0 aliphatic rings. The van der Waals surface area contributed by atoms with E-state index in [1.54, 1.807) is 6.07 Å². The van der Waals surface area contributed by atoms with Crippen molar-refractivity contribution in [1.82, 2.24) is 0 Å². The highest BCUT2D eigenvalue weighted by molar-refractivity contribution is 6.18. The molecule has 16 heavy (non-hydrogen) atoms. The van der Waals surface area contributed by atoms with Crippen molar-refractivity contribution in [3.05, 3.63) is 42.0 Å². The fraction of sp³-hybridized carbons (Fsp3) is 0.143. The first kappa shape index (κ1) is 10.9. The van der Waals surface area contributed by atoms with Crippen molar-refractivity contribution in [3.63, 3.8) is 0 Å². The van der Waals surface area contributed by atoms with E-state index in [9.17, 15) is 5.11 Å². The van der Waals surface area contributed by atoms with E-state index >= 15 is 0 Å². The lowest BCUT2D eigenvalue weighted by Crippen LogP contribution is -1.80. The van der Waals surface area contributed by atoms with Crippen LogP contribution in [0.1, 0.15) is 12.0 Å². The van der Waals surface area contributed by atoms with Gasteiger partial charge in [0, 0.05) is 28.6 Å². The van der Waals surface area contributed by atoms with E-state index in [1.165, 1.54) is 0 Å². The van der Waals surface area contributed by atoms with Gasteiger partial charge in [0.2, 0.25) is 0 Å². The molecule has 0 aromatic heterocycles. The second-order valence-electron chi connectivity index (χ2n) is 3.42. The molecule has 0 spiro atoms. The topological polar surface area (TPSA) is 20.2 Å². The molecule has 80 valence electrons. The fourth-order valence-electron chi connectivity index (χ4n) is 1.60. The summed E-state index contributed by atoms with van der Waals surface area (Å²) in [6.45, 7) is 0. The second-order valence-corrected chi connectivity index (χ2v) is 3.80. The first-order chi connectivity index (χ1) is 7.83. The Morgan fingerprint density at radius 3 is 2.56 bits per heavy atom. The maximum Gasteiger partial charge on any atom is 0.123 e. The Bertz CT molecular complexity index is 564. The van der Waals surface area contributed by atoms with Crippen molar-refractivity contribution in [2.24, 2.45) is 0 Å². The standard InChI is InChI=1S/C14H11ClO/c15-10-4-3-5-11-8-9-14(16)13-7-2-1-6-12(11)13/h1-2,6-9,16H,4,10H2. The van der Waals surface area contributed by atoms with Gasteiger partial charge in [0.25, 0.3) is 0 Å². The molecule has 1 nitrogen and oxygen atoms in total. The Morgan fingerprint density at radius 1 is 1.06 bits per heavy atom. The van der Waals surface area contributed by atoms with Crippen molar-refractivity contribution in [2.45, 2.75) is 6.42 Å². The third kappa shape index (κ3) is 2.13. The third-order valence-electron chi connectivity index (χ3n) is 2.34. The van der Waals surface area contributed by atoms with Gasteiger partial charge in [-0.25, -0.2) is 0 Å². The van der Waals surface area contributed by atoms with Crippen LogP contribution >= 0.6 is 11.6 Å². The first-order valence-electron chi connectivity index (χ1n) is 5.08. The zero-order chi connectivity index (χ0) is 11.4. The number of halogens is 1. The number of hydrogen-bond acceptors (Lipinski definition) is 1. The molecule has 0 radical (unpaired) electrons. The Kier molecular flexibility index (Phi) is 3.34. The molecular weight excluding hydrogens is 220 g/mol. The molecular formula is C14H11ClO. The van der Waals surface area contributed by atoms with E-state index in [1.807, 2.05) is 30.3 Å². The number of benzene rings is 2. The lowest BCUT2D eigenvalue weighted by Gasteiger charge is -2.02. The van der Waals surface area contributed by atoms with Crippen molar-refractivity contribution >= 4 is 22.4 Å². The molecule has 0 saturated carbocycles. The van der Waals surface area contributed by atoms with Gasteiger partial charge in [-0.2, -0.15) is 0 Å². The summed E-state index contributed by atoms with van der Waals surface area (Å²) in [5, 5.41) is 11.5.